The van der Waals surface area contributed by atoms with Crippen LogP contribution in [0.2, 0.25) is 0 Å². The number of thiophene rings is 1. The molecule has 0 unspecified atom stereocenters. The lowest BCUT2D eigenvalue weighted by molar-refractivity contribution is -0.116. The molecule has 1 saturated heterocycles. The van der Waals surface area contributed by atoms with Crippen LogP contribution in [0.5, 0.6) is 0 Å². The summed E-state index contributed by atoms with van der Waals surface area (Å²) < 4.78 is 25.8. The number of carbonyl (C=O) groups is 1. The molecule has 1 fully saturated rings. The lowest BCUT2D eigenvalue weighted by Gasteiger charge is -2.13. The SMILES string of the molecule is O=C(/C=C/c1ccc(-c2ccc(Br)cc2)s1)NCCN1CCCS1(=O)=O. The molecule has 1 amide bonds. The molecule has 1 aliphatic rings. The normalized spacial score (nSPS) is 17.0. The number of benzene rings is 1. The summed E-state index contributed by atoms with van der Waals surface area (Å²) in [5, 5.41) is 2.73. The number of sulfonamides is 1. The van der Waals surface area contributed by atoms with Crippen molar-refractivity contribution in [3.8, 4) is 10.4 Å². The number of hydrogen-bond donors (Lipinski definition) is 1. The molecule has 0 atom stereocenters. The molecule has 26 heavy (non-hydrogen) atoms. The summed E-state index contributed by atoms with van der Waals surface area (Å²) in [6, 6.07) is 12.1. The van der Waals surface area contributed by atoms with Crippen molar-refractivity contribution in [3.05, 3.63) is 51.8 Å². The summed E-state index contributed by atoms with van der Waals surface area (Å²) in [5.41, 5.74) is 1.13. The second-order valence-electron chi connectivity index (χ2n) is 5.90. The van der Waals surface area contributed by atoms with Gasteiger partial charge in [-0.1, -0.05) is 28.1 Å². The molecule has 1 aromatic carbocycles. The van der Waals surface area contributed by atoms with Crippen LogP contribution >= 0.6 is 27.3 Å². The van der Waals surface area contributed by atoms with Crippen LogP contribution in [0.1, 0.15) is 11.3 Å². The summed E-state index contributed by atoms with van der Waals surface area (Å²) in [7, 11) is -3.10. The van der Waals surface area contributed by atoms with Gasteiger partial charge in [-0.05, 0) is 42.3 Å². The highest BCUT2D eigenvalue weighted by atomic mass is 79.9. The molecule has 1 aromatic heterocycles. The molecular weight excluding hydrogens is 436 g/mol. The standard InChI is InChI=1S/C18H19BrN2O3S2/c19-15-4-2-14(3-5-15)17-8-6-16(25-17)7-9-18(22)20-10-12-21-11-1-13-26(21,23)24/h2-9H,1,10-13H2,(H,20,22)/b9-7+. The monoisotopic (exact) mass is 454 g/mol. The maximum Gasteiger partial charge on any atom is 0.244 e. The number of nitrogens with one attached hydrogen (secondary N) is 1. The van der Waals surface area contributed by atoms with E-state index in [1.54, 1.807) is 17.4 Å². The quantitative estimate of drug-likeness (QED) is 0.680. The first-order valence-electron chi connectivity index (χ1n) is 8.23. The van der Waals surface area contributed by atoms with Gasteiger partial charge in [0.1, 0.15) is 0 Å². The number of rotatable bonds is 6. The van der Waals surface area contributed by atoms with Gasteiger partial charge in [-0.2, -0.15) is 0 Å². The third-order valence-electron chi connectivity index (χ3n) is 4.02. The van der Waals surface area contributed by atoms with Gasteiger partial charge >= 0.3 is 0 Å². The van der Waals surface area contributed by atoms with E-state index in [1.165, 1.54) is 10.4 Å². The fraction of sp³-hybridized carbons (Fsp3) is 0.278. The Bertz CT molecular complexity index is 905. The molecular formula is C18H19BrN2O3S2. The summed E-state index contributed by atoms with van der Waals surface area (Å²) in [6.07, 6.45) is 3.92. The molecule has 1 aliphatic heterocycles. The van der Waals surface area contributed by atoms with Gasteiger partial charge in [0.05, 0.1) is 5.75 Å². The van der Waals surface area contributed by atoms with Crippen LogP contribution in [0.4, 0.5) is 0 Å². The lowest BCUT2D eigenvalue weighted by atomic mass is 10.2. The first kappa shape index (κ1) is 19.3. The Morgan fingerprint density at radius 2 is 2.00 bits per heavy atom. The van der Waals surface area contributed by atoms with E-state index >= 15 is 0 Å². The van der Waals surface area contributed by atoms with Crippen molar-refractivity contribution in [2.24, 2.45) is 0 Å². The van der Waals surface area contributed by atoms with Crippen molar-refractivity contribution in [2.75, 3.05) is 25.4 Å². The molecule has 5 nitrogen and oxygen atoms in total. The first-order valence-corrected chi connectivity index (χ1v) is 11.5. The number of hydrogen-bond acceptors (Lipinski definition) is 4. The van der Waals surface area contributed by atoms with Crippen molar-refractivity contribution < 1.29 is 13.2 Å². The number of carbonyl (C=O) groups excluding carboxylic acids is 1. The summed E-state index contributed by atoms with van der Waals surface area (Å²) in [5.74, 6) is -0.0138. The van der Waals surface area contributed by atoms with Gasteiger partial charge in [0.25, 0.3) is 0 Å². The molecule has 1 N–H and O–H groups in total. The summed E-state index contributed by atoms with van der Waals surface area (Å²) >= 11 is 5.03. The predicted molar refractivity (Wildman–Crippen MR) is 109 cm³/mol. The van der Waals surface area contributed by atoms with Gasteiger partial charge < -0.3 is 5.32 Å². The zero-order valence-electron chi connectivity index (χ0n) is 14.0. The Morgan fingerprint density at radius 1 is 1.23 bits per heavy atom. The van der Waals surface area contributed by atoms with Crippen LogP contribution in [0.15, 0.2) is 46.9 Å². The van der Waals surface area contributed by atoms with Crippen molar-refractivity contribution in [1.29, 1.82) is 0 Å². The molecule has 0 saturated carbocycles. The van der Waals surface area contributed by atoms with Crippen molar-refractivity contribution in [1.82, 2.24) is 9.62 Å². The van der Waals surface area contributed by atoms with Crippen molar-refractivity contribution >= 4 is 49.3 Å². The topological polar surface area (TPSA) is 66.5 Å². The second kappa shape index (κ2) is 8.47. The molecule has 2 heterocycles. The second-order valence-corrected chi connectivity index (χ2v) is 10.0. The maximum absolute atomic E-state index is 11.9. The van der Waals surface area contributed by atoms with Gasteiger partial charge in [0.15, 0.2) is 0 Å². The van der Waals surface area contributed by atoms with Crippen molar-refractivity contribution in [2.45, 2.75) is 6.42 Å². The van der Waals surface area contributed by atoms with Crippen LogP contribution in [0, 0.1) is 0 Å². The van der Waals surface area contributed by atoms with Gasteiger partial charge in [-0.3, -0.25) is 4.79 Å². The van der Waals surface area contributed by atoms with E-state index < -0.39 is 10.0 Å². The zero-order valence-corrected chi connectivity index (χ0v) is 17.2. The Hall–Kier alpha value is -1.48. The minimum absolute atomic E-state index is 0.208. The van der Waals surface area contributed by atoms with E-state index in [0.29, 0.717) is 26.1 Å². The summed E-state index contributed by atoms with van der Waals surface area (Å²) in [4.78, 5) is 14.0. The Morgan fingerprint density at radius 3 is 2.69 bits per heavy atom. The number of nitrogens with zero attached hydrogens (tertiary/aromatic N) is 1. The summed E-state index contributed by atoms with van der Waals surface area (Å²) in [6.45, 7) is 1.19. The average molecular weight is 455 g/mol. The van der Waals surface area contributed by atoms with Gasteiger partial charge in [0, 0.05) is 39.9 Å². The first-order chi connectivity index (χ1) is 12.4. The molecule has 3 rings (SSSR count). The van der Waals surface area contributed by atoms with Gasteiger partial charge in [-0.15, -0.1) is 11.3 Å². The molecule has 0 aliphatic carbocycles. The molecule has 0 bridgehead atoms. The third kappa shape index (κ3) is 5.03. The molecule has 0 spiro atoms. The highest BCUT2D eigenvalue weighted by Crippen LogP contribution is 2.29. The molecule has 0 radical (unpaired) electrons. The smallest absolute Gasteiger partial charge is 0.244 e. The van der Waals surface area contributed by atoms with E-state index in [0.717, 1.165) is 19.8 Å². The van der Waals surface area contributed by atoms with Crippen LogP contribution in [-0.2, 0) is 14.8 Å². The van der Waals surface area contributed by atoms with Crippen molar-refractivity contribution in [3.63, 3.8) is 0 Å². The maximum atomic E-state index is 11.9. The Balaban J connectivity index is 1.50. The van der Waals surface area contributed by atoms with E-state index in [-0.39, 0.29) is 11.7 Å². The largest absolute Gasteiger partial charge is 0.351 e. The van der Waals surface area contributed by atoms with Gasteiger partial charge in [-0.25, -0.2) is 12.7 Å². The van der Waals surface area contributed by atoms with Crippen LogP contribution < -0.4 is 5.32 Å². The van der Waals surface area contributed by atoms with Crippen LogP contribution in [0.25, 0.3) is 16.5 Å². The molecule has 138 valence electrons. The number of amides is 1. The Kier molecular flexibility index (Phi) is 6.29. The molecule has 2 aromatic rings. The highest BCUT2D eigenvalue weighted by molar-refractivity contribution is 9.10. The van der Waals surface area contributed by atoms with Gasteiger partial charge in [0.2, 0.25) is 15.9 Å². The Labute approximate surface area is 165 Å². The lowest BCUT2D eigenvalue weighted by Crippen LogP contribution is -2.35. The minimum Gasteiger partial charge on any atom is -0.351 e. The van der Waals surface area contributed by atoms with E-state index in [4.69, 9.17) is 0 Å². The predicted octanol–water partition coefficient (Wildman–Crippen LogP) is 3.34. The third-order valence-corrected chi connectivity index (χ3v) is 7.60. The van der Waals surface area contributed by atoms with E-state index in [1.807, 2.05) is 36.4 Å². The molecule has 8 heteroatoms. The van der Waals surface area contributed by atoms with Crippen LogP contribution in [0.3, 0.4) is 0 Å². The minimum atomic E-state index is -3.10. The fourth-order valence-corrected chi connectivity index (χ4v) is 5.38. The van der Waals surface area contributed by atoms with E-state index in [9.17, 15) is 13.2 Å². The fourth-order valence-electron chi connectivity index (χ4n) is 2.67. The van der Waals surface area contributed by atoms with E-state index in [2.05, 4.69) is 21.2 Å². The number of halogens is 1. The average Bonchev–Trinajstić information content (AvgIpc) is 3.20. The zero-order chi connectivity index (χ0) is 18.6. The van der Waals surface area contributed by atoms with Crippen LogP contribution in [-0.4, -0.2) is 44.0 Å². The highest BCUT2D eigenvalue weighted by Gasteiger charge is 2.27.